The van der Waals surface area contributed by atoms with Gasteiger partial charge >= 0.3 is 5.97 Å². The van der Waals surface area contributed by atoms with Crippen LogP contribution in [-0.4, -0.2) is 18.1 Å². The molecule has 1 saturated carbocycles. The Morgan fingerprint density at radius 3 is 2.52 bits per heavy atom. The SMILES string of the molecule is CC(C)[C@@H]1CC[C@@H](C)C[C@H]1OC(=O)[C@@H](C)C[C@@H](N)Cc1ccccc1. The van der Waals surface area contributed by atoms with E-state index in [-0.39, 0.29) is 24.0 Å². The van der Waals surface area contributed by atoms with Gasteiger partial charge in [-0.25, -0.2) is 0 Å². The predicted octanol–water partition coefficient (Wildman–Crippen LogP) is 4.59. The van der Waals surface area contributed by atoms with E-state index in [1.54, 1.807) is 0 Å². The molecule has 3 heteroatoms. The van der Waals surface area contributed by atoms with E-state index in [1.807, 2.05) is 25.1 Å². The van der Waals surface area contributed by atoms with Crippen molar-refractivity contribution in [3.8, 4) is 0 Å². The minimum absolute atomic E-state index is 0.0175. The zero-order valence-corrected chi connectivity index (χ0v) is 16.3. The first-order valence-electron chi connectivity index (χ1n) is 9.86. The smallest absolute Gasteiger partial charge is 0.308 e. The summed E-state index contributed by atoms with van der Waals surface area (Å²) in [7, 11) is 0. The molecule has 0 bridgehead atoms. The summed E-state index contributed by atoms with van der Waals surface area (Å²) in [4.78, 5) is 12.6. The van der Waals surface area contributed by atoms with Gasteiger partial charge in [0.1, 0.15) is 6.10 Å². The highest BCUT2D eigenvalue weighted by molar-refractivity contribution is 5.72. The average Bonchev–Trinajstić information content (AvgIpc) is 2.55. The first kappa shape index (κ1) is 20.0. The maximum Gasteiger partial charge on any atom is 0.308 e. The highest BCUT2D eigenvalue weighted by Gasteiger charge is 2.34. The van der Waals surface area contributed by atoms with Crippen molar-refractivity contribution in [2.75, 3.05) is 0 Å². The number of nitrogens with two attached hydrogens (primary N) is 1. The van der Waals surface area contributed by atoms with E-state index >= 15 is 0 Å². The minimum atomic E-state index is -0.149. The quantitative estimate of drug-likeness (QED) is 0.736. The Kier molecular flexibility index (Phi) is 7.49. The Morgan fingerprint density at radius 2 is 1.88 bits per heavy atom. The molecule has 1 aliphatic carbocycles. The van der Waals surface area contributed by atoms with Crippen LogP contribution in [-0.2, 0) is 16.0 Å². The zero-order chi connectivity index (χ0) is 18.4. The summed E-state index contributed by atoms with van der Waals surface area (Å²) in [6.45, 7) is 8.68. The summed E-state index contributed by atoms with van der Waals surface area (Å²) in [6.07, 6.45) is 4.95. The average molecular weight is 346 g/mol. The molecule has 1 aromatic rings. The van der Waals surface area contributed by atoms with E-state index in [1.165, 1.54) is 18.4 Å². The summed E-state index contributed by atoms with van der Waals surface area (Å²) >= 11 is 0. The van der Waals surface area contributed by atoms with Gasteiger partial charge in [-0.3, -0.25) is 4.79 Å². The molecule has 0 saturated heterocycles. The molecule has 1 aliphatic rings. The largest absolute Gasteiger partial charge is 0.462 e. The maximum absolute atomic E-state index is 12.6. The van der Waals surface area contributed by atoms with Gasteiger partial charge in [-0.05, 0) is 49.0 Å². The van der Waals surface area contributed by atoms with Crippen molar-refractivity contribution >= 4 is 5.97 Å². The molecule has 140 valence electrons. The second-order valence-electron chi connectivity index (χ2n) is 8.39. The van der Waals surface area contributed by atoms with Crippen LogP contribution < -0.4 is 5.73 Å². The molecule has 5 atom stereocenters. The topological polar surface area (TPSA) is 52.3 Å². The third kappa shape index (κ3) is 6.14. The normalized spacial score (nSPS) is 26.2. The van der Waals surface area contributed by atoms with Gasteiger partial charge in [0, 0.05) is 6.04 Å². The number of esters is 1. The van der Waals surface area contributed by atoms with E-state index in [4.69, 9.17) is 10.5 Å². The molecule has 1 fully saturated rings. The number of carbonyl (C=O) groups excluding carboxylic acids is 1. The van der Waals surface area contributed by atoms with E-state index in [2.05, 4.69) is 32.9 Å². The second kappa shape index (κ2) is 9.38. The maximum atomic E-state index is 12.6. The fourth-order valence-corrected chi connectivity index (χ4v) is 4.07. The van der Waals surface area contributed by atoms with Gasteiger partial charge in [0.2, 0.25) is 0 Å². The molecule has 0 amide bonds. The van der Waals surface area contributed by atoms with E-state index in [9.17, 15) is 4.79 Å². The Bertz CT molecular complexity index is 528. The van der Waals surface area contributed by atoms with Crippen molar-refractivity contribution in [3.05, 3.63) is 35.9 Å². The number of benzene rings is 1. The van der Waals surface area contributed by atoms with Crippen molar-refractivity contribution < 1.29 is 9.53 Å². The third-order valence-electron chi connectivity index (χ3n) is 5.63. The van der Waals surface area contributed by atoms with Gasteiger partial charge < -0.3 is 10.5 Å². The first-order valence-corrected chi connectivity index (χ1v) is 9.86. The second-order valence-corrected chi connectivity index (χ2v) is 8.39. The summed E-state index contributed by atoms with van der Waals surface area (Å²) in [5, 5.41) is 0. The van der Waals surface area contributed by atoms with Gasteiger partial charge in [-0.15, -0.1) is 0 Å². The lowest BCUT2D eigenvalue weighted by Crippen LogP contribution is -2.38. The van der Waals surface area contributed by atoms with Crippen LogP contribution in [0.4, 0.5) is 0 Å². The Labute approximate surface area is 153 Å². The predicted molar refractivity (Wildman–Crippen MR) is 103 cm³/mol. The molecular formula is C22H35NO2. The van der Waals surface area contributed by atoms with E-state index < -0.39 is 0 Å². The molecular weight excluding hydrogens is 310 g/mol. The number of hydrogen-bond donors (Lipinski definition) is 1. The highest BCUT2D eigenvalue weighted by atomic mass is 16.5. The molecule has 0 unspecified atom stereocenters. The summed E-state index contributed by atoms with van der Waals surface area (Å²) in [5.74, 6) is 1.46. The van der Waals surface area contributed by atoms with Crippen molar-refractivity contribution in [3.63, 3.8) is 0 Å². The lowest BCUT2D eigenvalue weighted by molar-refractivity contribution is -0.160. The molecule has 0 spiro atoms. The number of rotatable bonds is 7. The van der Waals surface area contributed by atoms with Crippen molar-refractivity contribution in [2.24, 2.45) is 29.4 Å². The summed E-state index contributed by atoms with van der Waals surface area (Å²) in [5.41, 5.74) is 7.49. The standard InChI is InChI=1S/C22H35NO2/c1-15(2)20-11-10-16(3)12-21(20)25-22(24)17(4)13-19(23)14-18-8-6-5-7-9-18/h5-9,15-17,19-21H,10-14,23H2,1-4H3/t16-,17+,19-,20+,21-/m1/s1. The molecule has 0 radical (unpaired) electrons. The van der Waals surface area contributed by atoms with Crippen LogP contribution >= 0.6 is 0 Å². The van der Waals surface area contributed by atoms with Crippen LogP contribution in [0.15, 0.2) is 30.3 Å². The molecule has 0 heterocycles. The highest BCUT2D eigenvalue weighted by Crippen LogP contribution is 2.35. The molecule has 2 rings (SSSR count). The fraction of sp³-hybridized carbons (Fsp3) is 0.682. The third-order valence-corrected chi connectivity index (χ3v) is 5.63. The van der Waals surface area contributed by atoms with Crippen LogP contribution in [0, 0.1) is 23.7 Å². The van der Waals surface area contributed by atoms with Crippen LogP contribution in [0.3, 0.4) is 0 Å². The fourth-order valence-electron chi connectivity index (χ4n) is 4.07. The molecule has 0 aromatic heterocycles. The Hall–Kier alpha value is -1.35. The van der Waals surface area contributed by atoms with Crippen molar-refractivity contribution in [1.82, 2.24) is 0 Å². The first-order chi connectivity index (χ1) is 11.9. The molecule has 2 N–H and O–H groups in total. The van der Waals surface area contributed by atoms with Crippen molar-refractivity contribution in [2.45, 2.75) is 71.9 Å². The zero-order valence-electron chi connectivity index (χ0n) is 16.3. The molecule has 0 aliphatic heterocycles. The van der Waals surface area contributed by atoms with Gasteiger partial charge in [-0.2, -0.15) is 0 Å². The minimum Gasteiger partial charge on any atom is -0.462 e. The monoisotopic (exact) mass is 345 g/mol. The van der Waals surface area contributed by atoms with Gasteiger partial charge in [-0.1, -0.05) is 64.4 Å². The number of hydrogen-bond acceptors (Lipinski definition) is 3. The van der Waals surface area contributed by atoms with Crippen LogP contribution in [0.5, 0.6) is 0 Å². The van der Waals surface area contributed by atoms with Crippen LogP contribution in [0.1, 0.15) is 58.9 Å². The molecule has 25 heavy (non-hydrogen) atoms. The number of carbonyl (C=O) groups is 1. The lowest BCUT2D eigenvalue weighted by Gasteiger charge is -2.37. The Morgan fingerprint density at radius 1 is 1.20 bits per heavy atom. The van der Waals surface area contributed by atoms with Crippen LogP contribution in [0.25, 0.3) is 0 Å². The molecule has 1 aromatic carbocycles. The van der Waals surface area contributed by atoms with Gasteiger partial charge in [0.25, 0.3) is 0 Å². The lowest BCUT2D eigenvalue weighted by atomic mass is 9.75. The van der Waals surface area contributed by atoms with Gasteiger partial charge in [0.05, 0.1) is 5.92 Å². The molecule has 3 nitrogen and oxygen atoms in total. The van der Waals surface area contributed by atoms with Gasteiger partial charge in [0.15, 0.2) is 0 Å². The summed E-state index contributed by atoms with van der Waals surface area (Å²) in [6, 6.07) is 10.2. The number of ether oxygens (including phenoxy) is 1. The Balaban J connectivity index is 1.86. The summed E-state index contributed by atoms with van der Waals surface area (Å²) < 4.78 is 5.95. The van der Waals surface area contributed by atoms with Crippen LogP contribution in [0.2, 0.25) is 0 Å². The van der Waals surface area contributed by atoms with E-state index in [0.717, 1.165) is 12.8 Å². The van der Waals surface area contributed by atoms with E-state index in [0.29, 0.717) is 24.2 Å². The van der Waals surface area contributed by atoms with Crippen molar-refractivity contribution in [1.29, 1.82) is 0 Å².